The molecule has 108 valence electrons. The van der Waals surface area contributed by atoms with Crippen molar-refractivity contribution in [3.63, 3.8) is 0 Å². The standard InChI is InChI=1S/C15H28N4/c1-3-8-19-13-15(11-17-19)12-18-9-5-14(6-10-18)4-7-16-2/h11,13-14,16H,3-10,12H2,1-2H3. The molecule has 1 aromatic heterocycles. The fourth-order valence-corrected chi connectivity index (χ4v) is 2.88. The zero-order valence-electron chi connectivity index (χ0n) is 12.4. The van der Waals surface area contributed by atoms with Crippen LogP contribution in [0.4, 0.5) is 0 Å². The monoisotopic (exact) mass is 264 g/mol. The van der Waals surface area contributed by atoms with Crippen molar-refractivity contribution < 1.29 is 0 Å². The van der Waals surface area contributed by atoms with Gasteiger partial charge in [-0.05, 0) is 58.3 Å². The van der Waals surface area contributed by atoms with Crippen molar-refractivity contribution in [1.82, 2.24) is 20.0 Å². The van der Waals surface area contributed by atoms with Gasteiger partial charge in [0.2, 0.25) is 0 Å². The van der Waals surface area contributed by atoms with Gasteiger partial charge in [0.25, 0.3) is 0 Å². The molecule has 1 aliphatic rings. The maximum Gasteiger partial charge on any atom is 0.0534 e. The van der Waals surface area contributed by atoms with E-state index in [1.54, 1.807) is 0 Å². The summed E-state index contributed by atoms with van der Waals surface area (Å²) in [7, 11) is 2.04. The predicted octanol–water partition coefficient (Wildman–Crippen LogP) is 2.11. The van der Waals surface area contributed by atoms with Crippen LogP contribution in [0, 0.1) is 5.92 Å². The number of nitrogens with one attached hydrogen (secondary N) is 1. The number of aryl methyl sites for hydroxylation is 1. The highest BCUT2D eigenvalue weighted by atomic mass is 15.3. The molecular weight excluding hydrogens is 236 g/mol. The van der Waals surface area contributed by atoms with Crippen LogP contribution >= 0.6 is 0 Å². The molecular formula is C15H28N4. The van der Waals surface area contributed by atoms with E-state index in [4.69, 9.17) is 0 Å². The van der Waals surface area contributed by atoms with Crippen molar-refractivity contribution in [1.29, 1.82) is 0 Å². The topological polar surface area (TPSA) is 33.1 Å². The largest absolute Gasteiger partial charge is 0.320 e. The van der Waals surface area contributed by atoms with Crippen molar-refractivity contribution >= 4 is 0 Å². The molecule has 4 heteroatoms. The van der Waals surface area contributed by atoms with E-state index >= 15 is 0 Å². The Hall–Kier alpha value is -0.870. The van der Waals surface area contributed by atoms with Crippen molar-refractivity contribution in [3.05, 3.63) is 18.0 Å². The van der Waals surface area contributed by atoms with Crippen molar-refractivity contribution in [3.8, 4) is 0 Å². The third-order valence-corrected chi connectivity index (χ3v) is 4.06. The first kappa shape index (κ1) is 14.5. The van der Waals surface area contributed by atoms with Crippen LogP contribution in [0.1, 0.15) is 38.2 Å². The van der Waals surface area contributed by atoms with E-state index in [2.05, 4.69) is 33.1 Å². The average molecular weight is 264 g/mol. The Morgan fingerprint density at radius 2 is 2.16 bits per heavy atom. The second-order valence-corrected chi connectivity index (χ2v) is 5.72. The lowest BCUT2D eigenvalue weighted by Crippen LogP contribution is -2.33. The van der Waals surface area contributed by atoms with E-state index < -0.39 is 0 Å². The van der Waals surface area contributed by atoms with Crippen molar-refractivity contribution in [2.45, 2.75) is 45.7 Å². The molecule has 1 saturated heterocycles. The Bertz CT molecular complexity index is 353. The second kappa shape index (κ2) is 7.65. The molecule has 4 nitrogen and oxygen atoms in total. The first-order valence-electron chi connectivity index (χ1n) is 7.70. The summed E-state index contributed by atoms with van der Waals surface area (Å²) in [6.07, 6.45) is 9.42. The van der Waals surface area contributed by atoms with Crippen LogP contribution in [0.2, 0.25) is 0 Å². The van der Waals surface area contributed by atoms with Crippen LogP contribution in [0.15, 0.2) is 12.4 Å². The van der Waals surface area contributed by atoms with E-state index in [1.165, 1.54) is 37.9 Å². The van der Waals surface area contributed by atoms with Gasteiger partial charge in [-0.2, -0.15) is 5.10 Å². The van der Waals surface area contributed by atoms with Gasteiger partial charge in [0.15, 0.2) is 0 Å². The summed E-state index contributed by atoms with van der Waals surface area (Å²) in [5, 5.41) is 7.66. The first-order valence-corrected chi connectivity index (χ1v) is 7.70. The van der Waals surface area contributed by atoms with Gasteiger partial charge >= 0.3 is 0 Å². The quantitative estimate of drug-likeness (QED) is 0.819. The van der Waals surface area contributed by atoms with E-state index in [-0.39, 0.29) is 0 Å². The minimum Gasteiger partial charge on any atom is -0.320 e. The highest BCUT2D eigenvalue weighted by molar-refractivity contribution is 5.03. The van der Waals surface area contributed by atoms with E-state index in [0.717, 1.165) is 32.0 Å². The van der Waals surface area contributed by atoms with Gasteiger partial charge in [-0.3, -0.25) is 9.58 Å². The minimum atomic E-state index is 0.923. The molecule has 0 spiro atoms. The fraction of sp³-hybridized carbons (Fsp3) is 0.800. The normalized spacial score (nSPS) is 18.0. The highest BCUT2D eigenvalue weighted by Gasteiger charge is 2.19. The molecule has 0 bridgehead atoms. The highest BCUT2D eigenvalue weighted by Crippen LogP contribution is 2.21. The van der Waals surface area contributed by atoms with E-state index in [1.807, 2.05) is 13.2 Å². The number of nitrogens with zero attached hydrogens (tertiary/aromatic N) is 3. The predicted molar refractivity (Wildman–Crippen MR) is 79.1 cm³/mol. The van der Waals surface area contributed by atoms with Crippen molar-refractivity contribution in [2.75, 3.05) is 26.7 Å². The number of piperidine rings is 1. The smallest absolute Gasteiger partial charge is 0.0534 e. The molecule has 0 saturated carbocycles. The molecule has 0 radical (unpaired) electrons. The maximum atomic E-state index is 4.41. The van der Waals surface area contributed by atoms with Crippen LogP contribution in [-0.4, -0.2) is 41.4 Å². The van der Waals surface area contributed by atoms with E-state index in [0.29, 0.717) is 0 Å². The Labute approximate surface area is 117 Å². The Morgan fingerprint density at radius 1 is 1.37 bits per heavy atom. The summed E-state index contributed by atoms with van der Waals surface area (Å²) in [5.41, 5.74) is 1.36. The molecule has 1 aliphatic heterocycles. The molecule has 1 aromatic rings. The summed E-state index contributed by atoms with van der Waals surface area (Å²) in [6.45, 7) is 7.95. The van der Waals surface area contributed by atoms with E-state index in [9.17, 15) is 0 Å². The second-order valence-electron chi connectivity index (χ2n) is 5.72. The summed E-state index contributed by atoms with van der Waals surface area (Å²) < 4.78 is 2.06. The third kappa shape index (κ3) is 4.62. The number of likely N-dealkylation sites (tertiary alicyclic amines) is 1. The van der Waals surface area contributed by atoms with Gasteiger partial charge in [0.1, 0.15) is 0 Å². The number of aromatic nitrogens is 2. The zero-order valence-corrected chi connectivity index (χ0v) is 12.4. The summed E-state index contributed by atoms with van der Waals surface area (Å²) in [4.78, 5) is 2.57. The van der Waals surface area contributed by atoms with Crippen molar-refractivity contribution in [2.24, 2.45) is 5.92 Å². The van der Waals surface area contributed by atoms with Gasteiger partial charge in [-0.25, -0.2) is 0 Å². The minimum absolute atomic E-state index is 0.923. The van der Waals surface area contributed by atoms with Gasteiger partial charge in [0, 0.05) is 24.8 Å². The third-order valence-electron chi connectivity index (χ3n) is 4.06. The Kier molecular flexibility index (Phi) is 5.86. The molecule has 1 fully saturated rings. The molecule has 0 atom stereocenters. The zero-order chi connectivity index (χ0) is 13.5. The Balaban J connectivity index is 1.72. The van der Waals surface area contributed by atoms with Crippen LogP contribution in [0.25, 0.3) is 0 Å². The van der Waals surface area contributed by atoms with Gasteiger partial charge in [-0.1, -0.05) is 6.92 Å². The summed E-state index contributed by atoms with van der Waals surface area (Å²) in [5.74, 6) is 0.923. The van der Waals surface area contributed by atoms with Gasteiger partial charge in [-0.15, -0.1) is 0 Å². The van der Waals surface area contributed by atoms with Crippen LogP contribution < -0.4 is 5.32 Å². The van der Waals surface area contributed by atoms with Gasteiger partial charge < -0.3 is 5.32 Å². The van der Waals surface area contributed by atoms with Gasteiger partial charge in [0.05, 0.1) is 6.20 Å². The lowest BCUT2D eigenvalue weighted by atomic mass is 9.93. The number of hydrogen-bond donors (Lipinski definition) is 1. The lowest BCUT2D eigenvalue weighted by Gasteiger charge is -2.31. The molecule has 1 N–H and O–H groups in total. The SMILES string of the molecule is CCCn1cc(CN2CCC(CCNC)CC2)cn1. The number of hydrogen-bond acceptors (Lipinski definition) is 3. The van der Waals surface area contributed by atoms with Crippen LogP contribution in [0.3, 0.4) is 0 Å². The summed E-state index contributed by atoms with van der Waals surface area (Å²) in [6, 6.07) is 0. The van der Waals surface area contributed by atoms with Crippen LogP contribution in [-0.2, 0) is 13.1 Å². The lowest BCUT2D eigenvalue weighted by molar-refractivity contribution is 0.172. The molecule has 2 rings (SSSR count). The fourth-order valence-electron chi connectivity index (χ4n) is 2.88. The molecule has 2 heterocycles. The molecule has 0 aromatic carbocycles. The average Bonchev–Trinajstić information content (AvgIpc) is 2.86. The molecule has 19 heavy (non-hydrogen) atoms. The Morgan fingerprint density at radius 3 is 2.84 bits per heavy atom. The summed E-state index contributed by atoms with van der Waals surface area (Å²) >= 11 is 0. The number of rotatable bonds is 7. The molecule has 0 amide bonds. The molecule has 0 aliphatic carbocycles. The van der Waals surface area contributed by atoms with Crippen LogP contribution in [0.5, 0.6) is 0 Å². The molecule has 0 unspecified atom stereocenters. The first-order chi connectivity index (χ1) is 9.31. The maximum absolute atomic E-state index is 4.41.